The predicted octanol–water partition coefficient (Wildman–Crippen LogP) is 5.83. The number of amides is 2. The van der Waals surface area contributed by atoms with Crippen LogP contribution in [0, 0.1) is 6.92 Å². The molecule has 2 aromatic heterocycles. The summed E-state index contributed by atoms with van der Waals surface area (Å²) >= 11 is 1.74. The summed E-state index contributed by atoms with van der Waals surface area (Å²) in [5.41, 5.74) is 2.53. The van der Waals surface area contributed by atoms with Gasteiger partial charge >= 0.3 is 0 Å². The third-order valence-corrected chi connectivity index (χ3v) is 8.62. The van der Waals surface area contributed by atoms with Crippen molar-refractivity contribution < 1.29 is 9.59 Å². The lowest BCUT2D eigenvalue weighted by Gasteiger charge is -2.45. The van der Waals surface area contributed by atoms with Crippen molar-refractivity contribution in [1.29, 1.82) is 0 Å². The Morgan fingerprint density at radius 2 is 1.88 bits per heavy atom. The normalized spacial score (nSPS) is 21.8. The van der Waals surface area contributed by atoms with Crippen molar-refractivity contribution in [3.63, 3.8) is 0 Å². The Morgan fingerprint density at radius 1 is 1.15 bits per heavy atom. The van der Waals surface area contributed by atoms with Crippen molar-refractivity contribution in [3.05, 3.63) is 52.5 Å². The Bertz CT molecular complexity index is 1200. The van der Waals surface area contributed by atoms with Crippen LogP contribution in [-0.4, -0.2) is 28.0 Å². The first kappa shape index (κ1) is 22.2. The van der Waals surface area contributed by atoms with Crippen molar-refractivity contribution >= 4 is 39.1 Å². The molecule has 2 amide bonds. The number of aryl methyl sites for hydroxylation is 2. The molecule has 1 fully saturated rings. The fourth-order valence-electron chi connectivity index (χ4n) is 5.46. The van der Waals surface area contributed by atoms with Gasteiger partial charge in [0.15, 0.2) is 0 Å². The molecule has 1 aliphatic heterocycles. The molecule has 0 saturated heterocycles. The minimum absolute atomic E-state index is 0.0514. The molecule has 0 spiro atoms. The van der Waals surface area contributed by atoms with E-state index in [1.807, 2.05) is 44.2 Å². The fourth-order valence-corrected chi connectivity index (χ4v) is 6.50. The van der Waals surface area contributed by atoms with Crippen LogP contribution >= 0.6 is 11.3 Å². The number of carbonyl (C=O) groups excluding carboxylic acids is 2. The maximum absolute atomic E-state index is 14.0. The molecule has 1 saturated carbocycles. The van der Waals surface area contributed by atoms with Gasteiger partial charge in [0.05, 0.1) is 16.8 Å². The zero-order valence-electron chi connectivity index (χ0n) is 19.8. The highest BCUT2D eigenvalue weighted by Crippen LogP contribution is 2.39. The highest BCUT2D eigenvalue weighted by atomic mass is 32.1. The topological polar surface area (TPSA) is 54.3 Å². The molecule has 5 nitrogen and oxygen atoms in total. The Hall–Kier alpha value is -2.60. The molecule has 0 radical (unpaired) electrons. The van der Waals surface area contributed by atoms with Gasteiger partial charge in [-0.1, -0.05) is 50.8 Å². The first-order chi connectivity index (χ1) is 15.9. The van der Waals surface area contributed by atoms with Crippen molar-refractivity contribution in [2.75, 3.05) is 4.90 Å². The number of anilines is 1. The van der Waals surface area contributed by atoms with E-state index >= 15 is 0 Å². The molecule has 1 atom stereocenters. The van der Waals surface area contributed by atoms with Crippen LogP contribution in [0.15, 0.2) is 36.4 Å². The molecule has 2 aliphatic rings. The highest BCUT2D eigenvalue weighted by Gasteiger charge is 2.49. The lowest BCUT2D eigenvalue weighted by atomic mass is 9.92. The lowest BCUT2D eigenvalue weighted by Crippen LogP contribution is -2.65. The van der Waals surface area contributed by atoms with E-state index in [1.165, 1.54) is 17.7 Å². The second-order valence-corrected chi connectivity index (χ2v) is 11.0. The van der Waals surface area contributed by atoms with E-state index in [0.29, 0.717) is 12.2 Å². The van der Waals surface area contributed by atoms with E-state index in [4.69, 9.17) is 0 Å². The molecule has 1 aliphatic carbocycles. The number of thiophene rings is 1. The monoisotopic (exact) mass is 463 g/mol. The Kier molecular flexibility index (Phi) is 5.81. The first-order valence-corrected chi connectivity index (χ1v) is 13.1. The second-order valence-electron chi connectivity index (χ2n) is 9.79. The van der Waals surface area contributed by atoms with Crippen LogP contribution in [-0.2, 0) is 17.8 Å². The van der Waals surface area contributed by atoms with Gasteiger partial charge in [0.1, 0.15) is 11.2 Å². The van der Waals surface area contributed by atoms with Gasteiger partial charge in [-0.25, -0.2) is 0 Å². The van der Waals surface area contributed by atoms with Gasteiger partial charge in [-0.05, 0) is 56.9 Å². The molecule has 1 unspecified atom stereocenters. The van der Waals surface area contributed by atoms with Crippen LogP contribution in [0.5, 0.6) is 0 Å². The highest BCUT2D eigenvalue weighted by molar-refractivity contribution is 7.19. The molecule has 3 heterocycles. The summed E-state index contributed by atoms with van der Waals surface area (Å²) < 4.78 is 3.20. The number of hydrogen-bond acceptors (Lipinski definition) is 3. The molecule has 33 heavy (non-hydrogen) atoms. The van der Waals surface area contributed by atoms with Gasteiger partial charge < -0.3 is 9.88 Å². The number of nitrogens with one attached hydrogen (secondary N) is 1. The fraction of sp³-hybridized carbons (Fsp3) is 0.481. The van der Waals surface area contributed by atoms with E-state index < -0.39 is 5.54 Å². The molecule has 3 aromatic rings. The molecule has 174 valence electrons. The summed E-state index contributed by atoms with van der Waals surface area (Å²) in [6.45, 7) is 6.54. The number of carbonyl (C=O) groups is 2. The SMILES string of the molecule is CCc1cc2c(cc3n2CC(C)(C(=O)NC2CCCCCC2)N(c2ccccc2C)C3=O)s1. The van der Waals surface area contributed by atoms with Crippen LogP contribution in [0.4, 0.5) is 5.69 Å². The van der Waals surface area contributed by atoms with Gasteiger partial charge in [0.25, 0.3) is 5.91 Å². The molecule has 6 heteroatoms. The van der Waals surface area contributed by atoms with E-state index in [1.54, 1.807) is 16.2 Å². The lowest BCUT2D eigenvalue weighted by molar-refractivity contribution is -0.127. The van der Waals surface area contributed by atoms with Gasteiger partial charge in [0, 0.05) is 16.6 Å². The molecule has 5 rings (SSSR count). The first-order valence-electron chi connectivity index (χ1n) is 12.3. The zero-order valence-corrected chi connectivity index (χ0v) is 20.6. The average molecular weight is 464 g/mol. The minimum atomic E-state index is -1.01. The van der Waals surface area contributed by atoms with Gasteiger partial charge in [-0.15, -0.1) is 11.3 Å². The third kappa shape index (κ3) is 3.78. The van der Waals surface area contributed by atoms with E-state index in [9.17, 15) is 9.59 Å². The van der Waals surface area contributed by atoms with Crippen LogP contribution < -0.4 is 10.2 Å². The summed E-state index contributed by atoms with van der Waals surface area (Å²) in [5.74, 6) is -0.153. The Morgan fingerprint density at radius 3 is 2.58 bits per heavy atom. The van der Waals surface area contributed by atoms with E-state index in [-0.39, 0.29) is 17.9 Å². The molecule has 1 N–H and O–H groups in total. The van der Waals surface area contributed by atoms with Crippen molar-refractivity contribution in [1.82, 2.24) is 9.88 Å². The summed E-state index contributed by atoms with van der Waals surface area (Å²) in [7, 11) is 0. The average Bonchev–Trinajstić information content (AvgIpc) is 3.24. The van der Waals surface area contributed by atoms with E-state index in [0.717, 1.165) is 53.6 Å². The third-order valence-electron chi connectivity index (χ3n) is 7.41. The largest absolute Gasteiger partial charge is 0.351 e. The van der Waals surface area contributed by atoms with Crippen molar-refractivity contribution in [3.8, 4) is 0 Å². The summed E-state index contributed by atoms with van der Waals surface area (Å²) in [5, 5.41) is 3.35. The standard InChI is InChI=1S/C27H33N3O2S/c1-4-20-15-22-24(33-20)16-23-25(31)30(21-14-10-9-11-18(21)2)27(3,17-29(22)23)26(32)28-19-12-7-5-6-8-13-19/h9-11,14-16,19H,4-8,12-13,17H2,1-3H3,(H,28,32). The summed E-state index contributed by atoms with van der Waals surface area (Å²) in [6, 6.07) is 12.3. The van der Waals surface area contributed by atoms with Crippen LogP contribution in [0.3, 0.4) is 0 Å². The number of rotatable bonds is 4. The van der Waals surface area contributed by atoms with E-state index in [2.05, 4.69) is 22.9 Å². The maximum Gasteiger partial charge on any atom is 0.275 e. The molecule has 0 bridgehead atoms. The van der Waals surface area contributed by atoms with Crippen molar-refractivity contribution in [2.45, 2.75) is 83.8 Å². The van der Waals surface area contributed by atoms with Crippen molar-refractivity contribution in [2.24, 2.45) is 0 Å². The van der Waals surface area contributed by atoms with Crippen LogP contribution in [0.1, 0.15) is 73.3 Å². The number of nitrogens with zero attached hydrogens (tertiary/aromatic N) is 2. The number of para-hydroxylation sites is 1. The zero-order chi connectivity index (χ0) is 23.2. The quantitative estimate of drug-likeness (QED) is 0.495. The van der Waals surface area contributed by atoms with Crippen LogP contribution in [0.2, 0.25) is 0 Å². The van der Waals surface area contributed by atoms with Gasteiger partial charge in [-0.2, -0.15) is 0 Å². The summed E-state index contributed by atoms with van der Waals surface area (Å²) in [4.78, 5) is 31.0. The molecule has 1 aromatic carbocycles. The Labute approximate surface area is 199 Å². The number of benzene rings is 1. The predicted molar refractivity (Wildman–Crippen MR) is 135 cm³/mol. The molecular formula is C27H33N3O2S. The summed E-state index contributed by atoms with van der Waals surface area (Å²) in [6.07, 6.45) is 7.78. The number of hydrogen-bond donors (Lipinski definition) is 1. The minimum Gasteiger partial charge on any atom is -0.351 e. The maximum atomic E-state index is 14.0. The van der Waals surface area contributed by atoms with Gasteiger partial charge in [0.2, 0.25) is 5.91 Å². The molecular weight excluding hydrogens is 430 g/mol. The smallest absolute Gasteiger partial charge is 0.275 e. The number of aromatic nitrogens is 1. The Balaban J connectivity index is 1.60. The van der Waals surface area contributed by atoms with Crippen LogP contribution in [0.25, 0.3) is 10.2 Å². The number of fused-ring (bicyclic) bond motifs is 3. The second kappa shape index (κ2) is 8.64. The van der Waals surface area contributed by atoms with Gasteiger partial charge in [-0.3, -0.25) is 14.5 Å².